The van der Waals surface area contributed by atoms with E-state index < -0.39 is 22.5 Å². The lowest BCUT2D eigenvalue weighted by molar-refractivity contribution is -0.121. The summed E-state index contributed by atoms with van der Waals surface area (Å²) in [5.74, 6) is -0.408. The van der Waals surface area contributed by atoms with Gasteiger partial charge in [-0.2, -0.15) is 9.41 Å². The molecule has 0 saturated carbocycles. The molecule has 0 aliphatic rings. The molecule has 0 spiro atoms. The predicted molar refractivity (Wildman–Crippen MR) is 124 cm³/mol. The smallest absolute Gasteiger partial charge is 0.255 e. The molecule has 2 amide bonds. The molecule has 0 radical (unpaired) electrons. The largest absolute Gasteiger partial charge is 0.463 e. The second kappa shape index (κ2) is 11.2. The minimum Gasteiger partial charge on any atom is -0.463 e. The summed E-state index contributed by atoms with van der Waals surface area (Å²) in [7, 11) is -3.99. The van der Waals surface area contributed by atoms with Gasteiger partial charge >= 0.3 is 0 Å². The fourth-order valence-electron chi connectivity index (χ4n) is 2.97. The molecule has 10 heteroatoms. The molecular weight excluding hydrogens is 444 g/mol. The molecule has 0 aliphatic heterocycles. The molecular formula is C23H24N4O5S. The van der Waals surface area contributed by atoms with Crippen molar-refractivity contribution in [2.75, 3.05) is 18.4 Å². The van der Waals surface area contributed by atoms with Crippen molar-refractivity contribution in [2.45, 2.75) is 18.2 Å². The van der Waals surface area contributed by atoms with E-state index in [9.17, 15) is 18.0 Å². The number of nitrogens with zero attached hydrogens (tertiary/aromatic N) is 2. The highest BCUT2D eigenvalue weighted by atomic mass is 32.2. The molecule has 2 aromatic carbocycles. The van der Waals surface area contributed by atoms with E-state index in [1.165, 1.54) is 43.7 Å². The van der Waals surface area contributed by atoms with Crippen LogP contribution < -0.4 is 10.7 Å². The first-order valence-electron chi connectivity index (χ1n) is 10.1. The van der Waals surface area contributed by atoms with Gasteiger partial charge in [-0.15, -0.1) is 0 Å². The summed E-state index contributed by atoms with van der Waals surface area (Å²) in [4.78, 5) is 23.7. The number of sulfonamides is 1. The van der Waals surface area contributed by atoms with E-state index in [1.807, 2.05) is 30.3 Å². The van der Waals surface area contributed by atoms with Gasteiger partial charge in [0.1, 0.15) is 5.76 Å². The van der Waals surface area contributed by atoms with E-state index in [1.54, 1.807) is 12.1 Å². The number of nitrogens with one attached hydrogen (secondary N) is 2. The van der Waals surface area contributed by atoms with E-state index in [-0.39, 0.29) is 17.3 Å². The Morgan fingerprint density at radius 2 is 1.76 bits per heavy atom. The van der Waals surface area contributed by atoms with Crippen LogP contribution in [0, 0.1) is 0 Å². The van der Waals surface area contributed by atoms with Crippen molar-refractivity contribution in [3.8, 4) is 0 Å². The van der Waals surface area contributed by atoms with E-state index in [2.05, 4.69) is 15.8 Å². The molecule has 3 aromatic rings. The van der Waals surface area contributed by atoms with Crippen molar-refractivity contribution in [1.29, 1.82) is 0 Å². The second-order valence-corrected chi connectivity index (χ2v) is 9.03. The minimum absolute atomic E-state index is 0.0107. The number of amides is 2. The molecule has 33 heavy (non-hydrogen) atoms. The number of hydrogen-bond donors (Lipinski definition) is 2. The Bertz CT molecular complexity index is 1190. The van der Waals surface area contributed by atoms with Crippen molar-refractivity contribution in [3.05, 3.63) is 84.3 Å². The molecule has 172 valence electrons. The van der Waals surface area contributed by atoms with Crippen LogP contribution in [0.4, 0.5) is 5.69 Å². The van der Waals surface area contributed by atoms with Crippen molar-refractivity contribution in [2.24, 2.45) is 5.10 Å². The molecule has 0 aliphatic carbocycles. The Balaban J connectivity index is 1.75. The lowest BCUT2D eigenvalue weighted by atomic mass is 10.1. The molecule has 9 nitrogen and oxygen atoms in total. The first kappa shape index (κ1) is 23.9. The van der Waals surface area contributed by atoms with Gasteiger partial charge in [0.05, 0.1) is 23.9 Å². The number of hydrazone groups is 1. The zero-order chi connectivity index (χ0) is 23.7. The highest BCUT2D eigenvalue weighted by Crippen LogP contribution is 2.19. The Morgan fingerprint density at radius 1 is 1.03 bits per heavy atom. The van der Waals surface area contributed by atoms with Crippen molar-refractivity contribution >= 4 is 33.7 Å². The van der Waals surface area contributed by atoms with Crippen LogP contribution in [0.2, 0.25) is 0 Å². The average Bonchev–Trinajstić information content (AvgIpc) is 3.31. The first-order chi connectivity index (χ1) is 15.8. The van der Waals surface area contributed by atoms with E-state index in [0.29, 0.717) is 17.9 Å². The minimum atomic E-state index is -3.99. The van der Waals surface area contributed by atoms with Crippen LogP contribution in [0.1, 0.15) is 18.2 Å². The highest BCUT2D eigenvalue weighted by Gasteiger charge is 2.26. The maximum absolute atomic E-state index is 13.3. The monoisotopic (exact) mass is 468 g/mol. The molecule has 0 bridgehead atoms. The van der Waals surface area contributed by atoms with Gasteiger partial charge in [-0.05, 0) is 48.4 Å². The number of hydrogen-bond acceptors (Lipinski definition) is 6. The SMILES string of the molecule is CC(=O)Nc1ccc(S(=O)(=O)N(CCc2ccccc2)CC(=O)N/N=C\c2ccco2)cc1. The topological polar surface area (TPSA) is 121 Å². The summed E-state index contributed by atoms with van der Waals surface area (Å²) >= 11 is 0. The number of furan rings is 1. The molecule has 0 atom stereocenters. The summed E-state index contributed by atoms with van der Waals surface area (Å²) in [5.41, 5.74) is 3.73. The third kappa shape index (κ3) is 7.13. The Hall–Kier alpha value is -3.76. The Morgan fingerprint density at radius 3 is 2.39 bits per heavy atom. The molecule has 2 N–H and O–H groups in total. The van der Waals surface area contributed by atoms with Crippen LogP contribution in [-0.2, 0) is 26.0 Å². The quantitative estimate of drug-likeness (QED) is 0.350. The van der Waals surface area contributed by atoms with Gasteiger partial charge in [0, 0.05) is 19.2 Å². The predicted octanol–water partition coefficient (Wildman–Crippen LogP) is 2.62. The van der Waals surface area contributed by atoms with E-state index in [4.69, 9.17) is 4.42 Å². The van der Waals surface area contributed by atoms with Crippen LogP contribution in [0.15, 0.2) is 87.4 Å². The summed E-state index contributed by atoms with van der Waals surface area (Å²) < 4.78 is 32.8. The maximum atomic E-state index is 13.3. The lowest BCUT2D eigenvalue weighted by Gasteiger charge is -2.21. The molecule has 3 rings (SSSR count). The maximum Gasteiger partial charge on any atom is 0.255 e. The molecule has 0 saturated heterocycles. The van der Waals surface area contributed by atoms with Gasteiger partial charge in [-0.3, -0.25) is 9.59 Å². The summed E-state index contributed by atoms with van der Waals surface area (Å²) in [5, 5.41) is 6.39. The van der Waals surface area contributed by atoms with Gasteiger partial charge in [0.2, 0.25) is 15.9 Å². The third-order valence-corrected chi connectivity index (χ3v) is 6.41. The summed E-state index contributed by atoms with van der Waals surface area (Å²) in [6.45, 7) is 1.04. The van der Waals surface area contributed by atoms with Crippen molar-refractivity contribution < 1.29 is 22.4 Å². The highest BCUT2D eigenvalue weighted by molar-refractivity contribution is 7.89. The first-order valence-corrected chi connectivity index (χ1v) is 11.6. The van der Waals surface area contributed by atoms with Crippen molar-refractivity contribution in [1.82, 2.24) is 9.73 Å². The van der Waals surface area contributed by atoms with Crippen LogP contribution in [0.3, 0.4) is 0 Å². The van der Waals surface area contributed by atoms with Gasteiger partial charge in [-0.1, -0.05) is 30.3 Å². The van der Waals surface area contributed by atoms with Crippen LogP contribution in [-0.4, -0.2) is 43.8 Å². The van der Waals surface area contributed by atoms with E-state index >= 15 is 0 Å². The average molecular weight is 469 g/mol. The number of carbonyl (C=O) groups is 2. The van der Waals surface area contributed by atoms with Gasteiger partial charge < -0.3 is 9.73 Å². The third-order valence-electron chi connectivity index (χ3n) is 4.55. The fourth-order valence-corrected chi connectivity index (χ4v) is 4.37. The van der Waals surface area contributed by atoms with Crippen LogP contribution in [0.5, 0.6) is 0 Å². The fraction of sp³-hybridized carbons (Fsp3) is 0.174. The zero-order valence-corrected chi connectivity index (χ0v) is 18.8. The van der Waals surface area contributed by atoms with Gasteiger partial charge in [0.15, 0.2) is 0 Å². The number of rotatable bonds is 10. The van der Waals surface area contributed by atoms with Gasteiger partial charge in [0.25, 0.3) is 5.91 Å². The number of anilines is 1. The van der Waals surface area contributed by atoms with Gasteiger partial charge in [-0.25, -0.2) is 13.8 Å². The molecule has 0 unspecified atom stereocenters. The van der Waals surface area contributed by atoms with Crippen LogP contribution in [0.25, 0.3) is 0 Å². The van der Waals surface area contributed by atoms with Crippen LogP contribution >= 0.6 is 0 Å². The lowest BCUT2D eigenvalue weighted by Crippen LogP contribution is -2.40. The number of carbonyl (C=O) groups excluding carboxylic acids is 2. The normalized spacial score (nSPS) is 11.6. The molecule has 1 aromatic heterocycles. The molecule has 0 fully saturated rings. The van der Waals surface area contributed by atoms with Crippen molar-refractivity contribution in [3.63, 3.8) is 0 Å². The second-order valence-electron chi connectivity index (χ2n) is 7.09. The van der Waals surface area contributed by atoms with E-state index in [0.717, 1.165) is 9.87 Å². The Labute approximate surface area is 192 Å². The summed E-state index contributed by atoms with van der Waals surface area (Å²) in [6, 6.07) is 18.5. The Kier molecular flexibility index (Phi) is 8.11. The number of benzene rings is 2. The molecule has 1 heterocycles. The standard InChI is InChI=1S/C23H24N4O5S/c1-18(28)25-20-9-11-22(12-10-20)33(30,31)27(14-13-19-6-3-2-4-7-19)17-23(29)26-24-16-21-8-5-15-32-21/h2-12,15-16H,13-14,17H2,1H3,(H,25,28)(H,26,29)/b24-16-. The zero-order valence-electron chi connectivity index (χ0n) is 18.0. The summed E-state index contributed by atoms with van der Waals surface area (Å²) in [6.07, 6.45) is 3.21.